The SMILES string of the molecule is COc1ccc(-c2nn(CCC#N)cc2/C=C(\C#N)C(=O)O)cc1OC. The first-order valence-corrected chi connectivity index (χ1v) is 7.56. The van der Waals surface area contributed by atoms with Gasteiger partial charge in [-0.2, -0.15) is 15.6 Å². The second-order valence-electron chi connectivity index (χ2n) is 5.15. The van der Waals surface area contributed by atoms with Crippen LogP contribution < -0.4 is 9.47 Å². The Labute approximate surface area is 150 Å². The van der Waals surface area contributed by atoms with Crippen molar-refractivity contribution in [2.24, 2.45) is 0 Å². The zero-order chi connectivity index (χ0) is 19.1. The minimum absolute atomic E-state index is 0.250. The van der Waals surface area contributed by atoms with Gasteiger partial charge in [-0.25, -0.2) is 4.79 Å². The summed E-state index contributed by atoms with van der Waals surface area (Å²) in [6.45, 7) is 0.347. The molecular weight excluding hydrogens is 336 g/mol. The van der Waals surface area contributed by atoms with E-state index in [0.29, 0.717) is 34.9 Å². The lowest BCUT2D eigenvalue weighted by molar-refractivity contribution is -0.132. The number of carboxylic acids is 1. The van der Waals surface area contributed by atoms with E-state index in [0.717, 1.165) is 0 Å². The van der Waals surface area contributed by atoms with Crippen molar-refractivity contribution < 1.29 is 19.4 Å². The number of nitriles is 2. The van der Waals surface area contributed by atoms with Gasteiger partial charge in [0.2, 0.25) is 0 Å². The molecule has 0 aliphatic heterocycles. The Morgan fingerprint density at radius 1 is 1.31 bits per heavy atom. The highest BCUT2D eigenvalue weighted by Crippen LogP contribution is 2.33. The van der Waals surface area contributed by atoms with Crippen molar-refractivity contribution in [1.82, 2.24) is 9.78 Å². The van der Waals surface area contributed by atoms with Crippen LogP contribution in [0.3, 0.4) is 0 Å². The second-order valence-corrected chi connectivity index (χ2v) is 5.15. The van der Waals surface area contributed by atoms with Crippen molar-refractivity contribution in [3.63, 3.8) is 0 Å². The minimum Gasteiger partial charge on any atom is -0.493 e. The number of carboxylic acid groups (broad SMARTS) is 1. The third-order valence-corrected chi connectivity index (χ3v) is 3.55. The van der Waals surface area contributed by atoms with Gasteiger partial charge < -0.3 is 14.6 Å². The summed E-state index contributed by atoms with van der Waals surface area (Å²) < 4.78 is 12.0. The van der Waals surface area contributed by atoms with Crippen LogP contribution in [-0.2, 0) is 11.3 Å². The molecule has 0 atom stereocenters. The van der Waals surface area contributed by atoms with Gasteiger partial charge in [-0.05, 0) is 24.3 Å². The van der Waals surface area contributed by atoms with E-state index in [-0.39, 0.29) is 6.42 Å². The van der Waals surface area contributed by atoms with Crippen LogP contribution in [0.4, 0.5) is 0 Å². The quantitative estimate of drug-likeness (QED) is 0.600. The number of aliphatic carboxylic acids is 1. The van der Waals surface area contributed by atoms with Gasteiger partial charge in [0, 0.05) is 17.3 Å². The molecule has 132 valence electrons. The molecule has 8 heteroatoms. The maximum Gasteiger partial charge on any atom is 0.346 e. The van der Waals surface area contributed by atoms with Crippen LogP contribution in [0.5, 0.6) is 11.5 Å². The van der Waals surface area contributed by atoms with E-state index in [1.807, 2.05) is 6.07 Å². The van der Waals surface area contributed by atoms with Crippen molar-refractivity contribution >= 4 is 12.0 Å². The minimum atomic E-state index is -1.32. The fourth-order valence-electron chi connectivity index (χ4n) is 2.33. The Morgan fingerprint density at radius 2 is 2.04 bits per heavy atom. The van der Waals surface area contributed by atoms with Crippen LogP contribution in [0.25, 0.3) is 17.3 Å². The van der Waals surface area contributed by atoms with Crippen molar-refractivity contribution in [3.8, 4) is 34.9 Å². The molecule has 1 aromatic heterocycles. The summed E-state index contributed by atoms with van der Waals surface area (Å²) in [7, 11) is 3.03. The Kier molecular flexibility index (Phi) is 5.96. The summed E-state index contributed by atoms with van der Waals surface area (Å²) in [6, 6.07) is 8.85. The maximum atomic E-state index is 11.1. The zero-order valence-corrected chi connectivity index (χ0v) is 14.3. The Balaban J connectivity index is 2.59. The summed E-state index contributed by atoms with van der Waals surface area (Å²) in [5.41, 5.74) is 1.17. The van der Waals surface area contributed by atoms with E-state index in [9.17, 15) is 4.79 Å². The summed E-state index contributed by atoms with van der Waals surface area (Å²) in [4.78, 5) is 11.1. The number of aryl methyl sites for hydroxylation is 1. The molecule has 2 rings (SSSR count). The number of nitrogens with zero attached hydrogens (tertiary/aromatic N) is 4. The summed E-state index contributed by atoms with van der Waals surface area (Å²) in [5, 5.41) is 31.3. The normalized spacial score (nSPS) is 10.7. The smallest absolute Gasteiger partial charge is 0.346 e. The molecule has 8 nitrogen and oxygen atoms in total. The molecule has 2 aromatic rings. The molecule has 0 fully saturated rings. The number of aromatic nitrogens is 2. The Morgan fingerprint density at radius 3 is 2.62 bits per heavy atom. The molecular formula is C18H16N4O4. The number of methoxy groups -OCH3 is 2. The molecule has 1 aromatic carbocycles. The van der Waals surface area contributed by atoms with E-state index < -0.39 is 11.5 Å². The lowest BCUT2D eigenvalue weighted by Gasteiger charge is -2.09. The van der Waals surface area contributed by atoms with Gasteiger partial charge in [0.25, 0.3) is 0 Å². The molecule has 0 unspecified atom stereocenters. The fraction of sp³-hybridized carbons (Fsp3) is 0.222. The van der Waals surface area contributed by atoms with E-state index >= 15 is 0 Å². The van der Waals surface area contributed by atoms with E-state index in [1.54, 1.807) is 30.5 Å². The highest BCUT2D eigenvalue weighted by molar-refractivity contribution is 5.97. The molecule has 0 radical (unpaired) electrons. The van der Waals surface area contributed by atoms with Gasteiger partial charge in [-0.15, -0.1) is 0 Å². The largest absolute Gasteiger partial charge is 0.493 e. The molecule has 0 aliphatic rings. The van der Waals surface area contributed by atoms with Crippen LogP contribution in [0.2, 0.25) is 0 Å². The van der Waals surface area contributed by atoms with Crippen molar-refractivity contribution in [2.45, 2.75) is 13.0 Å². The van der Waals surface area contributed by atoms with Crippen LogP contribution in [0.1, 0.15) is 12.0 Å². The van der Waals surface area contributed by atoms with Gasteiger partial charge >= 0.3 is 5.97 Å². The molecule has 26 heavy (non-hydrogen) atoms. The van der Waals surface area contributed by atoms with Crippen molar-refractivity contribution in [3.05, 3.63) is 35.5 Å². The monoisotopic (exact) mass is 352 g/mol. The first-order valence-electron chi connectivity index (χ1n) is 7.56. The first-order chi connectivity index (χ1) is 12.5. The average molecular weight is 352 g/mol. The molecule has 0 amide bonds. The molecule has 0 saturated heterocycles. The van der Waals surface area contributed by atoms with Gasteiger partial charge in [0.1, 0.15) is 11.6 Å². The summed E-state index contributed by atoms with van der Waals surface area (Å²) >= 11 is 0. The number of ether oxygens (including phenoxy) is 2. The van der Waals surface area contributed by atoms with Crippen LogP contribution in [0.15, 0.2) is 30.0 Å². The van der Waals surface area contributed by atoms with Crippen LogP contribution in [-0.4, -0.2) is 35.1 Å². The third-order valence-electron chi connectivity index (χ3n) is 3.55. The lowest BCUT2D eigenvalue weighted by Crippen LogP contribution is -1.97. The Hall–Kier alpha value is -3.78. The molecule has 0 bridgehead atoms. The summed E-state index contributed by atoms with van der Waals surface area (Å²) in [5.74, 6) is -0.290. The number of rotatable bonds is 7. The average Bonchev–Trinajstić information content (AvgIpc) is 3.06. The van der Waals surface area contributed by atoms with Gasteiger partial charge in [0.05, 0.1) is 38.9 Å². The van der Waals surface area contributed by atoms with E-state index in [4.69, 9.17) is 25.1 Å². The Bertz CT molecular complexity index is 932. The lowest BCUT2D eigenvalue weighted by atomic mass is 10.1. The number of benzene rings is 1. The number of hydrogen-bond acceptors (Lipinski definition) is 6. The third kappa shape index (κ3) is 4.00. The molecule has 1 N–H and O–H groups in total. The standard InChI is InChI=1S/C18H16N4O4/c1-25-15-5-4-12(9-16(15)26-2)17-14(8-13(10-20)18(23)24)11-22(21-17)7-3-6-19/h4-5,8-9,11H,3,7H2,1-2H3,(H,23,24)/b13-8+. The topological polar surface area (TPSA) is 121 Å². The molecule has 0 aliphatic carbocycles. The predicted molar refractivity (Wildman–Crippen MR) is 92.2 cm³/mol. The maximum absolute atomic E-state index is 11.1. The highest BCUT2D eigenvalue weighted by Gasteiger charge is 2.15. The summed E-state index contributed by atoms with van der Waals surface area (Å²) in [6.07, 6.45) is 3.11. The highest BCUT2D eigenvalue weighted by atomic mass is 16.5. The number of carbonyl (C=O) groups is 1. The predicted octanol–water partition coefficient (Wildman–Crippen LogP) is 2.47. The van der Waals surface area contributed by atoms with E-state index in [1.165, 1.54) is 25.0 Å². The van der Waals surface area contributed by atoms with Gasteiger partial charge in [-0.1, -0.05) is 0 Å². The fourth-order valence-corrected chi connectivity index (χ4v) is 2.33. The van der Waals surface area contributed by atoms with Crippen LogP contribution in [0, 0.1) is 22.7 Å². The van der Waals surface area contributed by atoms with Gasteiger partial charge in [0.15, 0.2) is 11.5 Å². The molecule has 1 heterocycles. The van der Waals surface area contributed by atoms with Crippen molar-refractivity contribution in [2.75, 3.05) is 14.2 Å². The molecule has 0 saturated carbocycles. The first kappa shape index (κ1) is 18.6. The zero-order valence-electron chi connectivity index (χ0n) is 14.3. The number of hydrogen-bond donors (Lipinski definition) is 1. The second kappa shape index (κ2) is 8.36. The van der Waals surface area contributed by atoms with Crippen molar-refractivity contribution in [1.29, 1.82) is 10.5 Å². The van der Waals surface area contributed by atoms with Gasteiger partial charge in [-0.3, -0.25) is 4.68 Å². The molecule has 0 spiro atoms. The van der Waals surface area contributed by atoms with E-state index in [2.05, 4.69) is 5.10 Å². The van der Waals surface area contributed by atoms with Crippen LogP contribution >= 0.6 is 0 Å².